The predicted octanol–water partition coefficient (Wildman–Crippen LogP) is 19.2. The van der Waals surface area contributed by atoms with E-state index in [4.69, 9.17) is 0 Å². The van der Waals surface area contributed by atoms with Crippen LogP contribution in [-0.2, 0) is 33.6 Å². The summed E-state index contributed by atoms with van der Waals surface area (Å²) in [6.45, 7) is 4.46. The molecule has 476 valence electrons. The molecule has 0 unspecified atom stereocenters. The fourth-order valence-corrected chi connectivity index (χ4v) is 19.1. The second-order valence-electron chi connectivity index (χ2n) is 21.0. The number of unbranched alkanes of at least 4 members (excludes halogenated alkanes) is 3. The zero-order chi connectivity index (χ0) is 63.6. The van der Waals surface area contributed by atoms with E-state index in [-0.39, 0.29) is 33.6 Å². The van der Waals surface area contributed by atoms with E-state index in [9.17, 15) is 0 Å². The van der Waals surface area contributed by atoms with E-state index in [1.165, 1.54) is 89.3 Å². The van der Waals surface area contributed by atoms with Gasteiger partial charge in [-0.25, -0.2) is 24.3 Å². The van der Waals surface area contributed by atoms with E-state index >= 15 is 0 Å². The van der Waals surface area contributed by atoms with Crippen molar-refractivity contribution in [2.45, 2.75) is 39.5 Å². The van der Waals surface area contributed by atoms with Crippen LogP contribution in [0.2, 0.25) is 0 Å². The number of hydrogen-bond acceptors (Lipinski definition) is 0. The molecular weight excluding hydrogens is 1300 g/mol. The average Bonchev–Trinajstić information content (AvgIpc) is 1.01. The molecule has 0 aliphatic heterocycles. The Morgan fingerprint density at radius 2 is 0.277 bits per heavy atom. The zero-order valence-corrected chi connectivity index (χ0v) is 59.4. The summed E-state index contributed by atoms with van der Waals surface area (Å²) in [7, 11) is -1.78. The van der Waals surface area contributed by atoms with Crippen molar-refractivity contribution in [1.82, 2.24) is 0 Å². The van der Waals surface area contributed by atoms with E-state index in [0.717, 1.165) is 0 Å². The maximum atomic E-state index is 2.23. The molecule has 2 radical (unpaired) electrons. The summed E-state index contributed by atoms with van der Waals surface area (Å²) in [5, 5.41) is 16.8. The van der Waals surface area contributed by atoms with Crippen molar-refractivity contribution in [1.29, 1.82) is 0 Å². The van der Waals surface area contributed by atoms with Gasteiger partial charge in [-0.2, -0.15) is 36.4 Å². The second-order valence-corrected chi connectivity index (χ2v) is 29.9. The monoisotopic (exact) mass is 1380 g/mol. The molecule has 0 aromatic heterocycles. The maximum absolute atomic E-state index is 2.23. The number of benzene rings is 12. The molecule has 94 heavy (non-hydrogen) atoms. The molecule has 14 aromatic carbocycles. The summed E-state index contributed by atoms with van der Waals surface area (Å²) in [5.41, 5.74) is 0. The second kappa shape index (κ2) is 46.2. The summed E-state index contributed by atoms with van der Waals surface area (Å²) >= 11 is 0. The third kappa shape index (κ3) is 26.1. The van der Waals surface area contributed by atoms with E-state index in [0.29, 0.717) is 0 Å². The van der Waals surface area contributed by atoms with Gasteiger partial charge in [0.15, 0.2) is 0 Å². The molecule has 14 aromatic rings. The molecule has 0 nitrogen and oxygen atoms in total. The van der Waals surface area contributed by atoms with Gasteiger partial charge in [0, 0.05) is 33.6 Å². The molecule has 0 heterocycles. The number of rotatable bonds is 15. The fourth-order valence-electron chi connectivity index (χ4n) is 9.86. The average molecular weight is 1380 g/mol. The summed E-state index contributed by atoms with van der Waals surface area (Å²) < 4.78 is 0. The molecule has 6 heteroatoms. The van der Waals surface area contributed by atoms with Crippen molar-refractivity contribution in [3.05, 3.63) is 425 Å². The van der Waals surface area contributed by atoms with Crippen LogP contribution in [-0.4, -0.2) is 0 Å². The molecule has 0 N–H and O–H groups in total. The van der Waals surface area contributed by atoms with Crippen molar-refractivity contribution in [3.63, 3.8) is 0 Å². The Kier molecular flexibility index (Phi) is 36.9. The molecule has 0 aliphatic carbocycles. The van der Waals surface area contributed by atoms with Crippen LogP contribution in [0.5, 0.6) is 0 Å². The van der Waals surface area contributed by atoms with Crippen LogP contribution in [0.1, 0.15) is 39.5 Å². The van der Waals surface area contributed by atoms with Crippen molar-refractivity contribution in [2.75, 3.05) is 0 Å². The van der Waals surface area contributed by atoms with Gasteiger partial charge < -0.3 is 0 Å². The van der Waals surface area contributed by atoms with E-state index in [2.05, 4.69) is 378 Å². The van der Waals surface area contributed by atoms with Gasteiger partial charge in [0.05, 0.1) is 0 Å². The molecular formula is C88H84Co2P4-2. The predicted molar refractivity (Wildman–Crippen MR) is 414 cm³/mol. The van der Waals surface area contributed by atoms with Crippen LogP contribution in [0.4, 0.5) is 0 Å². The molecule has 14 rings (SSSR count). The molecule has 0 atom stereocenters. The van der Waals surface area contributed by atoms with Gasteiger partial charge in [0.25, 0.3) is 0 Å². The van der Waals surface area contributed by atoms with Crippen LogP contribution < -0.4 is 63.7 Å². The van der Waals surface area contributed by atoms with Crippen molar-refractivity contribution in [3.8, 4) is 0 Å². The molecule has 0 bridgehead atoms. The van der Waals surface area contributed by atoms with Crippen molar-refractivity contribution < 1.29 is 33.6 Å². The van der Waals surface area contributed by atoms with Crippen LogP contribution in [0.3, 0.4) is 0 Å². The molecule has 0 saturated carbocycles. The summed E-state index contributed by atoms with van der Waals surface area (Å²) in [4.78, 5) is 0. The largest absolute Gasteiger partial charge is 0.214 e. The Bertz CT molecular complexity index is 3040. The minimum atomic E-state index is -0.446. The first kappa shape index (κ1) is 75.1. The maximum Gasteiger partial charge on any atom is 0 e. The first-order valence-corrected chi connectivity index (χ1v) is 37.2. The van der Waals surface area contributed by atoms with Crippen LogP contribution in [0, 0.1) is 0 Å². The van der Waals surface area contributed by atoms with Gasteiger partial charge in [-0.15, -0.1) is 0 Å². The first-order valence-electron chi connectivity index (χ1n) is 31.9. The minimum absolute atomic E-state index is 0. The van der Waals surface area contributed by atoms with Gasteiger partial charge >= 0.3 is 0 Å². The van der Waals surface area contributed by atoms with E-state index in [1.54, 1.807) is 0 Å². The van der Waals surface area contributed by atoms with Crippen molar-refractivity contribution >= 4 is 95.3 Å². The van der Waals surface area contributed by atoms with Gasteiger partial charge in [-0.05, 0) is 95.3 Å². The molecule has 0 fully saturated rings. The Morgan fingerprint density at radius 3 is 0.351 bits per heavy atom. The van der Waals surface area contributed by atoms with Crippen molar-refractivity contribution in [2.24, 2.45) is 0 Å². The first-order chi connectivity index (χ1) is 45.7. The Hall–Kier alpha value is -7.93. The van der Waals surface area contributed by atoms with Gasteiger partial charge in [0.2, 0.25) is 0 Å². The summed E-state index contributed by atoms with van der Waals surface area (Å²) in [6, 6.07) is 149. The Morgan fingerprint density at radius 1 is 0.170 bits per heavy atom. The van der Waals surface area contributed by atoms with Crippen LogP contribution in [0.25, 0.3) is 0 Å². The SMILES string of the molecule is CCCCCC.[Co].[Co].c1cc[cH-]c1.c1cc[cH-]c1.c1ccc(P(c2ccccc2)c2ccccc2)cc1.c1ccc(P(c2ccccc2)c2ccccc2)cc1.c1ccc(P(c2ccccc2)c2ccccc2)cc1.c1ccc(P(c2ccccc2)c2ccccc2)cc1. The zero-order valence-electron chi connectivity index (χ0n) is 53.7. The van der Waals surface area contributed by atoms with E-state index < -0.39 is 31.7 Å². The third-order valence-electron chi connectivity index (χ3n) is 14.2. The standard InChI is InChI=1S/4C18H15P.C6H14.2C5H5.2Co/c4*1-4-10-16(11-5-1)19(17-12-6-2-7-13-17)18-14-8-3-9-15-18;1-3-5-6-4-2;2*1-2-4-5-3-1;;/h4*1-15H;3-6H2,1-2H3;2*1-5H;;/q;;;;;2*-1;;. The molecule has 0 amide bonds. The minimum Gasteiger partial charge on any atom is -0.214 e. The van der Waals surface area contributed by atoms with Gasteiger partial charge in [-0.1, -0.05) is 404 Å². The summed E-state index contributed by atoms with van der Waals surface area (Å²) in [6.07, 6.45) is 5.54. The molecule has 0 aliphatic rings. The van der Waals surface area contributed by atoms with Gasteiger partial charge in [-0.3, -0.25) is 0 Å². The Labute approximate surface area is 588 Å². The molecule has 0 spiro atoms. The van der Waals surface area contributed by atoms with Gasteiger partial charge in [0.1, 0.15) is 0 Å². The van der Waals surface area contributed by atoms with Crippen LogP contribution >= 0.6 is 31.7 Å². The quantitative estimate of drug-likeness (QED) is 0.0545. The molecule has 0 saturated heterocycles. The summed E-state index contributed by atoms with van der Waals surface area (Å²) in [5.74, 6) is 0. The normalized spacial score (nSPS) is 9.98. The smallest absolute Gasteiger partial charge is 0 e. The third-order valence-corrected chi connectivity index (χ3v) is 24.0. The van der Waals surface area contributed by atoms with Crippen LogP contribution in [0.15, 0.2) is 425 Å². The fraction of sp³-hybridized carbons (Fsp3) is 0.0682. The van der Waals surface area contributed by atoms with E-state index in [1.807, 2.05) is 60.7 Å². The number of hydrogen-bond donors (Lipinski definition) is 0. The Balaban J connectivity index is 0.000000182. The topological polar surface area (TPSA) is 0 Å².